The van der Waals surface area contributed by atoms with Crippen LogP contribution in [-0.4, -0.2) is 19.4 Å². The van der Waals surface area contributed by atoms with Crippen LogP contribution in [0.25, 0.3) is 16.8 Å². The summed E-state index contributed by atoms with van der Waals surface area (Å²) < 4.78 is 20.7. The number of benzene rings is 1. The average molecular weight is 334 g/mol. The molecule has 4 rings (SSSR count). The molecule has 0 saturated carbocycles. The highest BCUT2D eigenvalue weighted by molar-refractivity contribution is 5.66. The number of rotatable bonds is 3. The molecule has 0 saturated heterocycles. The summed E-state index contributed by atoms with van der Waals surface area (Å²) in [5.41, 5.74) is 4.83. The van der Waals surface area contributed by atoms with Gasteiger partial charge in [0.15, 0.2) is 0 Å². The molecular weight excluding hydrogens is 319 g/mol. The lowest BCUT2D eigenvalue weighted by Crippen LogP contribution is -1.93. The minimum absolute atomic E-state index is 0.169. The second kappa shape index (κ2) is 5.98. The highest BCUT2D eigenvalue weighted by atomic mass is 19.1. The monoisotopic (exact) mass is 334 g/mol. The van der Waals surface area contributed by atoms with E-state index in [-0.39, 0.29) is 11.8 Å². The van der Waals surface area contributed by atoms with Gasteiger partial charge in [-0.2, -0.15) is 0 Å². The van der Waals surface area contributed by atoms with Crippen molar-refractivity contribution in [2.75, 3.05) is 0 Å². The predicted octanol–water partition coefficient (Wildman–Crippen LogP) is 4.34. The van der Waals surface area contributed by atoms with Gasteiger partial charge in [-0.1, -0.05) is 6.07 Å². The normalized spacial score (nSPS) is 11.0. The third-order valence-electron chi connectivity index (χ3n) is 4.07. The molecule has 0 N–H and O–H groups in total. The predicted molar refractivity (Wildman–Crippen MR) is 92.2 cm³/mol. The summed E-state index contributed by atoms with van der Waals surface area (Å²) in [6.45, 7) is 4.03. The van der Waals surface area contributed by atoms with Crippen molar-refractivity contribution in [3.8, 4) is 22.9 Å². The Morgan fingerprint density at radius 2 is 1.80 bits per heavy atom. The lowest BCUT2D eigenvalue weighted by Gasteiger charge is -2.05. The Morgan fingerprint density at radius 1 is 1.00 bits per heavy atom. The molecule has 5 nitrogen and oxygen atoms in total. The van der Waals surface area contributed by atoms with Crippen molar-refractivity contribution in [1.29, 1.82) is 0 Å². The minimum Gasteiger partial charge on any atom is -0.424 e. The van der Waals surface area contributed by atoms with Crippen LogP contribution in [-0.2, 0) is 0 Å². The molecular formula is C19H15FN4O. The van der Waals surface area contributed by atoms with E-state index in [0.29, 0.717) is 5.75 Å². The first-order valence-corrected chi connectivity index (χ1v) is 7.81. The van der Waals surface area contributed by atoms with Gasteiger partial charge in [0.2, 0.25) is 0 Å². The second-order valence-electron chi connectivity index (χ2n) is 5.74. The lowest BCUT2D eigenvalue weighted by molar-refractivity contribution is 0.438. The molecule has 4 aromatic rings. The van der Waals surface area contributed by atoms with Gasteiger partial charge in [0, 0.05) is 35.9 Å². The Bertz CT molecular complexity index is 1060. The molecule has 0 amide bonds. The first kappa shape index (κ1) is 15.3. The standard InChI is InChI=1S/C19H15FN4O/c1-12-13(2)24-7-6-14(8-18(24)23-12)15-10-21-19(22-11-15)25-17-5-3-4-16(20)9-17/h3-11H,1-2H3. The Kier molecular flexibility index (Phi) is 3.65. The van der Waals surface area contributed by atoms with E-state index in [0.717, 1.165) is 28.2 Å². The molecule has 6 heteroatoms. The van der Waals surface area contributed by atoms with Gasteiger partial charge in [-0.25, -0.2) is 19.3 Å². The molecule has 0 spiro atoms. The smallest absolute Gasteiger partial charge is 0.321 e. The Labute approximate surface area is 143 Å². The number of pyridine rings is 1. The van der Waals surface area contributed by atoms with E-state index in [1.165, 1.54) is 12.1 Å². The quantitative estimate of drug-likeness (QED) is 0.559. The number of aryl methyl sites for hydroxylation is 2. The number of imidazole rings is 1. The number of ether oxygens (including phenoxy) is 1. The zero-order valence-electron chi connectivity index (χ0n) is 13.8. The zero-order chi connectivity index (χ0) is 17.4. The van der Waals surface area contributed by atoms with E-state index in [4.69, 9.17) is 4.74 Å². The van der Waals surface area contributed by atoms with Gasteiger partial charge in [0.25, 0.3) is 0 Å². The van der Waals surface area contributed by atoms with Crippen LogP contribution in [0.5, 0.6) is 11.8 Å². The van der Waals surface area contributed by atoms with Crippen LogP contribution in [0, 0.1) is 19.7 Å². The summed E-state index contributed by atoms with van der Waals surface area (Å²) in [6.07, 6.45) is 5.34. The number of hydrogen-bond acceptors (Lipinski definition) is 4. The molecule has 3 heterocycles. The van der Waals surface area contributed by atoms with Gasteiger partial charge in [-0.15, -0.1) is 0 Å². The van der Waals surface area contributed by atoms with Crippen LogP contribution in [0.4, 0.5) is 4.39 Å². The van der Waals surface area contributed by atoms with Crippen LogP contribution in [0.3, 0.4) is 0 Å². The number of nitrogens with zero attached hydrogens (tertiary/aromatic N) is 4. The minimum atomic E-state index is -0.368. The van der Waals surface area contributed by atoms with Gasteiger partial charge in [0.05, 0.1) is 5.69 Å². The maximum Gasteiger partial charge on any atom is 0.321 e. The zero-order valence-corrected chi connectivity index (χ0v) is 13.8. The number of fused-ring (bicyclic) bond motifs is 1. The molecule has 0 atom stereocenters. The number of hydrogen-bond donors (Lipinski definition) is 0. The van der Waals surface area contributed by atoms with Crippen molar-refractivity contribution in [2.24, 2.45) is 0 Å². The van der Waals surface area contributed by atoms with E-state index < -0.39 is 0 Å². The van der Waals surface area contributed by atoms with E-state index in [1.807, 2.05) is 36.6 Å². The molecule has 0 unspecified atom stereocenters. The highest BCUT2D eigenvalue weighted by Crippen LogP contribution is 2.23. The van der Waals surface area contributed by atoms with Crippen LogP contribution in [0.1, 0.15) is 11.4 Å². The van der Waals surface area contributed by atoms with E-state index in [2.05, 4.69) is 15.0 Å². The van der Waals surface area contributed by atoms with Crippen LogP contribution in [0.2, 0.25) is 0 Å². The number of aromatic nitrogens is 4. The fourth-order valence-corrected chi connectivity index (χ4v) is 2.62. The largest absolute Gasteiger partial charge is 0.424 e. The van der Waals surface area contributed by atoms with Crippen molar-refractivity contribution in [2.45, 2.75) is 13.8 Å². The van der Waals surface area contributed by atoms with E-state index in [1.54, 1.807) is 24.5 Å². The second-order valence-corrected chi connectivity index (χ2v) is 5.74. The van der Waals surface area contributed by atoms with Gasteiger partial charge in [-0.3, -0.25) is 0 Å². The molecule has 0 radical (unpaired) electrons. The third-order valence-corrected chi connectivity index (χ3v) is 4.07. The summed E-state index contributed by atoms with van der Waals surface area (Å²) in [6, 6.07) is 10.0. The molecule has 0 bridgehead atoms. The van der Waals surface area contributed by atoms with Crippen molar-refractivity contribution in [3.63, 3.8) is 0 Å². The third kappa shape index (κ3) is 2.94. The lowest BCUT2D eigenvalue weighted by atomic mass is 10.1. The summed E-state index contributed by atoms with van der Waals surface area (Å²) in [5.74, 6) is -0.00906. The molecule has 3 aromatic heterocycles. The van der Waals surface area contributed by atoms with Gasteiger partial charge >= 0.3 is 6.01 Å². The van der Waals surface area contributed by atoms with Crippen LogP contribution < -0.4 is 4.74 Å². The molecule has 0 aliphatic carbocycles. The highest BCUT2D eigenvalue weighted by Gasteiger charge is 2.08. The summed E-state index contributed by atoms with van der Waals surface area (Å²) in [5, 5.41) is 0. The van der Waals surface area contributed by atoms with Crippen molar-refractivity contribution < 1.29 is 9.13 Å². The summed E-state index contributed by atoms with van der Waals surface area (Å²) >= 11 is 0. The van der Waals surface area contributed by atoms with Crippen LogP contribution in [0.15, 0.2) is 55.0 Å². The summed E-state index contributed by atoms with van der Waals surface area (Å²) in [4.78, 5) is 12.9. The summed E-state index contributed by atoms with van der Waals surface area (Å²) in [7, 11) is 0. The maximum atomic E-state index is 13.2. The first-order chi connectivity index (χ1) is 12.1. The van der Waals surface area contributed by atoms with Gasteiger partial charge in [0.1, 0.15) is 17.2 Å². The van der Waals surface area contributed by atoms with Gasteiger partial charge in [-0.05, 0) is 43.7 Å². The SMILES string of the molecule is Cc1nc2cc(-c3cnc(Oc4cccc(F)c4)nc3)ccn2c1C. The Morgan fingerprint density at radius 3 is 2.56 bits per heavy atom. The van der Waals surface area contributed by atoms with Gasteiger partial charge < -0.3 is 9.14 Å². The number of halogens is 1. The Balaban J connectivity index is 1.61. The fraction of sp³-hybridized carbons (Fsp3) is 0.105. The molecule has 0 aliphatic heterocycles. The topological polar surface area (TPSA) is 52.3 Å². The maximum absolute atomic E-state index is 13.2. The average Bonchev–Trinajstić information content (AvgIpc) is 2.89. The Hall–Kier alpha value is -3.28. The van der Waals surface area contributed by atoms with E-state index in [9.17, 15) is 4.39 Å². The molecule has 0 fully saturated rings. The van der Waals surface area contributed by atoms with Crippen LogP contribution >= 0.6 is 0 Å². The molecule has 1 aromatic carbocycles. The fourth-order valence-electron chi connectivity index (χ4n) is 2.62. The molecule has 25 heavy (non-hydrogen) atoms. The van der Waals surface area contributed by atoms with Crippen molar-refractivity contribution in [1.82, 2.24) is 19.4 Å². The van der Waals surface area contributed by atoms with Crippen molar-refractivity contribution >= 4 is 5.65 Å². The first-order valence-electron chi connectivity index (χ1n) is 7.81. The van der Waals surface area contributed by atoms with Crippen molar-refractivity contribution in [3.05, 3.63) is 72.2 Å². The molecule has 0 aliphatic rings. The van der Waals surface area contributed by atoms with E-state index >= 15 is 0 Å². The molecule has 124 valence electrons.